The largest absolute Gasteiger partial charge is 0.453 e. The van der Waals surface area contributed by atoms with Crippen LogP contribution in [0.5, 0.6) is 0 Å². The van der Waals surface area contributed by atoms with E-state index in [9.17, 15) is 4.79 Å². The number of carbonyl (C=O) groups excluding carboxylic acids is 1. The summed E-state index contributed by atoms with van der Waals surface area (Å²) in [6.07, 6.45) is 10.9. The second-order valence-electron chi connectivity index (χ2n) is 6.98. The molecule has 4 rings (SSSR count). The molecule has 0 saturated heterocycles. The van der Waals surface area contributed by atoms with Crippen molar-refractivity contribution in [2.24, 2.45) is 0 Å². The maximum Gasteiger partial charge on any atom is 0.287 e. The molecule has 0 bridgehead atoms. The van der Waals surface area contributed by atoms with Gasteiger partial charge in [0.25, 0.3) is 5.91 Å². The van der Waals surface area contributed by atoms with Gasteiger partial charge in [-0.05, 0) is 43.9 Å². The van der Waals surface area contributed by atoms with Crippen LogP contribution >= 0.6 is 0 Å². The van der Waals surface area contributed by atoms with Crippen molar-refractivity contribution in [3.8, 4) is 11.3 Å². The lowest BCUT2D eigenvalue weighted by Gasteiger charge is -2.29. The summed E-state index contributed by atoms with van der Waals surface area (Å²) in [5.74, 6) is 0.807. The molecule has 1 aliphatic carbocycles. The van der Waals surface area contributed by atoms with Crippen molar-refractivity contribution in [2.45, 2.75) is 44.4 Å². The predicted octanol–water partition coefficient (Wildman–Crippen LogP) is 2.99. The molecule has 0 atom stereocenters. The molecule has 0 unspecified atom stereocenters. The fourth-order valence-corrected chi connectivity index (χ4v) is 3.59. The molecule has 1 N–H and O–H groups in total. The van der Waals surface area contributed by atoms with E-state index in [2.05, 4.69) is 20.4 Å². The van der Waals surface area contributed by atoms with Crippen LogP contribution in [0.4, 0.5) is 0 Å². The van der Waals surface area contributed by atoms with E-state index in [0.717, 1.165) is 36.9 Å². The molecule has 0 aliphatic heterocycles. The van der Waals surface area contributed by atoms with E-state index in [1.54, 1.807) is 25.4 Å². The van der Waals surface area contributed by atoms with E-state index in [0.29, 0.717) is 24.2 Å². The van der Waals surface area contributed by atoms with Gasteiger partial charge in [0.05, 0.1) is 17.9 Å². The third kappa shape index (κ3) is 4.12. The maximum absolute atomic E-state index is 12.4. The van der Waals surface area contributed by atoms with Gasteiger partial charge in [-0.1, -0.05) is 0 Å². The number of carbonyl (C=O) groups is 1. The first-order chi connectivity index (χ1) is 13.7. The van der Waals surface area contributed by atoms with Crippen molar-refractivity contribution >= 4 is 5.91 Å². The number of hydrogen-bond donors (Lipinski definition) is 1. The summed E-state index contributed by atoms with van der Waals surface area (Å²) in [5, 5.41) is 7.59. The van der Waals surface area contributed by atoms with Gasteiger partial charge in [0.1, 0.15) is 18.7 Å². The number of nitrogens with zero attached hydrogens (tertiary/aromatic N) is 4. The number of methoxy groups -OCH3 is 1. The smallest absolute Gasteiger partial charge is 0.287 e. The minimum Gasteiger partial charge on any atom is -0.453 e. The average molecular weight is 381 g/mol. The van der Waals surface area contributed by atoms with Gasteiger partial charge in [0.2, 0.25) is 0 Å². The second-order valence-corrected chi connectivity index (χ2v) is 6.98. The Morgan fingerprint density at radius 2 is 2.14 bits per heavy atom. The van der Waals surface area contributed by atoms with Crippen molar-refractivity contribution in [3.05, 3.63) is 54.6 Å². The lowest BCUT2D eigenvalue weighted by atomic mass is 9.91. The van der Waals surface area contributed by atoms with Crippen molar-refractivity contribution in [1.29, 1.82) is 0 Å². The standard InChI is InChI=1S/C20H23N5O3/c1-27-12-17-6-7-19(28-17)20(26)24-15-2-4-16(5-3-15)25-11-14(10-23-25)18-8-9-21-13-22-18/h6-11,13,15-16H,2-5,12H2,1H3,(H,24,26). The van der Waals surface area contributed by atoms with Gasteiger partial charge in [-0.2, -0.15) is 5.10 Å². The molecule has 0 aromatic carbocycles. The molecule has 1 aliphatic rings. The van der Waals surface area contributed by atoms with Crippen LogP contribution in [0.1, 0.15) is 48.0 Å². The number of hydrogen-bond acceptors (Lipinski definition) is 6. The number of furan rings is 1. The van der Waals surface area contributed by atoms with Gasteiger partial charge in [-0.15, -0.1) is 0 Å². The Bertz CT molecular complexity index is 913. The highest BCUT2D eigenvalue weighted by molar-refractivity contribution is 5.91. The summed E-state index contributed by atoms with van der Waals surface area (Å²) in [6, 6.07) is 5.81. The van der Waals surface area contributed by atoms with E-state index in [-0.39, 0.29) is 11.9 Å². The Labute approximate surface area is 162 Å². The Hall–Kier alpha value is -3.00. The van der Waals surface area contributed by atoms with Crippen LogP contribution in [-0.4, -0.2) is 38.8 Å². The summed E-state index contributed by atoms with van der Waals surface area (Å²) in [7, 11) is 1.59. The third-order valence-electron chi connectivity index (χ3n) is 5.06. The first-order valence-corrected chi connectivity index (χ1v) is 9.42. The molecule has 3 aromatic heterocycles. The average Bonchev–Trinajstić information content (AvgIpc) is 3.40. The molecular formula is C20H23N5O3. The van der Waals surface area contributed by atoms with Crippen LogP contribution in [-0.2, 0) is 11.3 Å². The quantitative estimate of drug-likeness (QED) is 0.705. The van der Waals surface area contributed by atoms with Gasteiger partial charge >= 0.3 is 0 Å². The highest BCUT2D eigenvalue weighted by Crippen LogP contribution is 2.29. The topological polar surface area (TPSA) is 95.1 Å². The van der Waals surface area contributed by atoms with E-state index in [1.165, 1.54) is 6.33 Å². The number of amides is 1. The molecule has 0 spiro atoms. The highest BCUT2D eigenvalue weighted by atomic mass is 16.5. The van der Waals surface area contributed by atoms with Crippen molar-refractivity contribution in [3.63, 3.8) is 0 Å². The van der Waals surface area contributed by atoms with Crippen molar-refractivity contribution in [2.75, 3.05) is 7.11 Å². The summed E-state index contributed by atoms with van der Waals surface area (Å²) in [6.45, 7) is 0.360. The molecule has 28 heavy (non-hydrogen) atoms. The fourth-order valence-electron chi connectivity index (χ4n) is 3.59. The molecule has 1 amide bonds. The zero-order chi connectivity index (χ0) is 19.3. The molecule has 1 saturated carbocycles. The van der Waals surface area contributed by atoms with Crippen LogP contribution in [0.15, 0.2) is 47.5 Å². The van der Waals surface area contributed by atoms with Gasteiger partial charge < -0.3 is 14.5 Å². The summed E-state index contributed by atoms with van der Waals surface area (Å²) >= 11 is 0. The molecule has 3 heterocycles. The molecule has 1 fully saturated rings. The Morgan fingerprint density at radius 3 is 2.89 bits per heavy atom. The highest BCUT2D eigenvalue weighted by Gasteiger charge is 2.25. The number of rotatable bonds is 6. The van der Waals surface area contributed by atoms with Crippen LogP contribution in [0.2, 0.25) is 0 Å². The molecule has 8 heteroatoms. The van der Waals surface area contributed by atoms with E-state index in [4.69, 9.17) is 9.15 Å². The summed E-state index contributed by atoms with van der Waals surface area (Å²) < 4.78 is 12.5. The Kier molecular flexibility index (Phi) is 5.48. The summed E-state index contributed by atoms with van der Waals surface area (Å²) in [5.41, 5.74) is 1.86. The van der Waals surface area contributed by atoms with Gasteiger partial charge in [-0.25, -0.2) is 9.97 Å². The summed E-state index contributed by atoms with van der Waals surface area (Å²) in [4.78, 5) is 20.6. The molecule has 0 radical (unpaired) electrons. The van der Waals surface area contributed by atoms with Crippen molar-refractivity contribution < 1.29 is 13.9 Å². The first-order valence-electron chi connectivity index (χ1n) is 9.42. The monoisotopic (exact) mass is 381 g/mol. The lowest BCUT2D eigenvalue weighted by molar-refractivity contribution is 0.0885. The maximum atomic E-state index is 12.4. The SMILES string of the molecule is COCc1ccc(C(=O)NC2CCC(n3cc(-c4ccncn4)cn3)CC2)o1. The van der Waals surface area contributed by atoms with Crippen molar-refractivity contribution in [1.82, 2.24) is 25.1 Å². The van der Waals surface area contributed by atoms with E-state index >= 15 is 0 Å². The zero-order valence-corrected chi connectivity index (χ0v) is 15.7. The minimum absolute atomic E-state index is 0.150. The van der Waals surface area contributed by atoms with Crippen LogP contribution < -0.4 is 5.32 Å². The fraction of sp³-hybridized carbons (Fsp3) is 0.400. The third-order valence-corrected chi connectivity index (χ3v) is 5.06. The molecule has 146 valence electrons. The van der Waals surface area contributed by atoms with Gasteiger partial charge in [-0.3, -0.25) is 9.48 Å². The van der Waals surface area contributed by atoms with Crippen LogP contribution in [0.3, 0.4) is 0 Å². The van der Waals surface area contributed by atoms with Crippen LogP contribution in [0.25, 0.3) is 11.3 Å². The van der Waals surface area contributed by atoms with Gasteiger partial charge in [0.15, 0.2) is 5.76 Å². The number of aromatic nitrogens is 4. The second kappa shape index (κ2) is 8.35. The predicted molar refractivity (Wildman–Crippen MR) is 101 cm³/mol. The minimum atomic E-state index is -0.170. The normalized spacial score (nSPS) is 19.5. The molecule has 3 aromatic rings. The zero-order valence-electron chi connectivity index (χ0n) is 15.7. The Morgan fingerprint density at radius 1 is 1.29 bits per heavy atom. The molecule has 8 nitrogen and oxygen atoms in total. The van der Waals surface area contributed by atoms with Gasteiger partial charge in [0, 0.05) is 31.1 Å². The first kappa shape index (κ1) is 18.4. The van der Waals surface area contributed by atoms with E-state index in [1.807, 2.05) is 23.1 Å². The molecular weight excluding hydrogens is 358 g/mol. The lowest BCUT2D eigenvalue weighted by Crippen LogP contribution is -2.37. The van der Waals surface area contributed by atoms with Crippen LogP contribution in [0, 0.1) is 0 Å². The number of nitrogens with one attached hydrogen (secondary N) is 1. The Balaban J connectivity index is 1.31. The number of ether oxygens (including phenoxy) is 1. The van der Waals surface area contributed by atoms with E-state index < -0.39 is 0 Å².